The first-order valence-electron chi connectivity index (χ1n) is 5.22. The van der Waals surface area contributed by atoms with E-state index in [-0.39, 0.29) is 17.7 Å². The second-order valence-corrected chi connectivity index (χ2v) is 3.71. The molecule has 0 heterocycles. The van der Waals surface area contributed by atoms with Gasteiger partial charge in [0.25, 0.3) is 5.91 Å². The number of methoxy groups -OCH3 is 1. The number of phenolic OH excluding ortho intramolecular Hbond substituents is 1. The van der Waals surface area contributed by atoms with Gasteiger partial charge in [0.2, 0.25) is 0 Å². The summed E-state index contributed by atoms with van der Waals surface area (Å²) in [5.74, 6) is -0.0864. The molecule has 0 aliphatic carbocycles. The van der Waals surface area contributed by atoms with Crippen LogP contribution in [0.3, 0.4) is 0 Å². The van der Waals surface area contributed by atoms with E-state index in [9.17, 15) is 9.90 Å². The summed E-state index contributed by atoms with van der Waals surface area (Å²) in [4.78, 5) is 11.7. The molecule has 4 nitrogen and oxygen atoms in total. The topological polar surface area (TPSA) is 58.6 Å². The van der Waals surface area contributed by atoms with Crippen molar-refractivity contribution in [2.75, 3.05) is 13.7 Å². The maximum Gasteiger partial charge on any atom is 0.251 e. The largest absolute Gasteiger partial charge is 0.508 e. The van der Waals surface area contributed by atoms with Gasteiger partial charge in [0, 0.05) is 25.3 Å². The van der Waals surface area contributed by atoms with Crippen LogP contribution in [0.4, 0.5) is 0 Å². The molecular formula is C12H17NO3. The highest BCUT2D eigenvalue weighted by molar-refractivity contribution is 5.94. The smallest absolute Gasteiger partial charge is 0.251 e. The number of aromatic hydroxyl groups is 1. The molecule has 88 valence electrons. The summed E-state index contributed by atoms with van der Waals surface area (Å²) in [6, 6.07) is 6.33. The molecular weight excluding hydrogens is 206 g/mol. The summed E-state index contributed by atoms with van der Waals surface area (Å²) in [7, 11) is 1.63. The second kappa shape index (κ2) is 6.12. The van der Waals surface area contributed by atoms with Crippen LogP contribution in [0.2, 0.25) is 0 Å². The van der Waals surface area contributed by atoms with E-state index in [4.69, 9.17) is 4.74 Å². The average molecular weight is 223 g/mol. The molecule has 0 radical (unpaired) electrons. The number of phenols is 1. The van der Waals surface area contributed by atoms with Gasteiger partial charge in [0.15, 0.2) is 0 Å². The van der Waals surface area contributed by atoms with Crippen LogP contribution in [0.1, 0.15) is 23.7 Å². The molecule has 0 fully saturated rings. The van der Waals surface area contributed by atoms with E-state index in [1.165, 1.54) is 12.1 Å². The lowest BCUT2D eigenvalue weighted by Gasteiger charge is -2.13. The first-order chi connectivity index (χ1) is 7.63. The Labute approximate surface area is 95.2 Å². The summed E-state index contributed by atoms with van der Waals surface area (Å²) < 4.78 is 4.93. The van der Waals surface area contributed by atoms with Gasteiger partial charge in [-0.1, -0.05) is 6.07 Å². The van der Waals surface area contributed by atoms with Crippen molar-refractivity contribution in [1.82, 2.24) is 5.32 Å². The molecule has 0 spiro atoms. The minimum absolute atomic E-state index is 0.0507. The van der Waals surface area contributed by atoms with Crippen molar-refractivity contribution in [2.24, 2.45) is 0 Å². The van der Waals surface area contributed by atoms with Crippen LogP contribution in [0.15, 0.2) is 24.3 Å². The number of carbonyl (C=O) groups excluding carboxylic acids is 1. The monoisotopic (exact) mass is 223 g/mol. The summed E-state index contributed by atoms with van der Waals surface area (Å²) in [6.07, 6.45) is 0.765. The van der Waals surface area contributed by atoms with Gasteiger partial charge < -0.3 is 15.2 Å². The van der Waals surface area contributed by atoms with Crippen LogP contribution >= 0.6 is 0 Å². The predicted octanol–water partition coefficient (Wildman–Crippen LogP) is 1.55. The first kappa shape index (κ1) is 12.5. The maximum atomic E-state index is 11.7. The summed E-state index contributed by atoms with van der Waals surface area (Å²) >= 11 is 0. The standard InChI is InChI=1S/C12H17NO3/c1-9(6-7-16-2)13-12(15)10-4-3-5-11(14)8-10/h3-5,8-9,14H,6-7H2,1-2H3,(H,13,15). The Morgan fingerprint density at radius 2 is 2.31 bits per heavy atom. The number of nitrogens with one attached hydrogen (secondary N) is 1. The number of rotatable bonds is 5. The first-order valence-corrected chi connectivity index (χ1v) is 5.22. The minimum atomic E-state index is -0.181. The lowest BCUT2D eigenvalue weighted by Crippen LogP contribution is -2.33. The Bertz CT molecular complexity index is 352. The van der Waals surface area contributed by atoms with Crippen LogP contribution in [-0.2, 0) is 4.74 Å². The molecule has 1 aromatic rings. The zero-order valence-corrected chi connectivity index (χ0v) is 9.56. The van der Waals surface area contributed by atoms with Crippen molar-refractivity contribution in [1.29, 1.82) is 0 Å². The lowest BCUT2D eigenvalue weighted by molar-refractivity contribution is 0.0929. The molecule has 4 heteroatoms. The van der Waals surface area contributed by atoms with Gasteiger partial charge in [0.05, 0.1) is 0 Å². The normalized spacial score (nSPS) is 12.1. The van der Waals surface area contributed by atoms with Gasteiger partial charge in [-0.25, -0.2) is 0 Å². The van der Waals surface area contributed by atoms with E-state index in [0.717, 1.165) is 6.42 Å². The molecule has 1 amide bonds. The Morgan fingerprint density at radius 1 is 1.56 bits per heavy atom. The van der Waals surface area contributed by atoms with E-state index in [1.54, 1.807) is 19.2 Å². The van der Waals surface area contributed by atoms with Crippen LogP contribution in [0, 0.1) is 0 Å². The fourth-order valence-corrected chi connectivity index (χ4v) is 1.32. The molecule has 0 aliphatic rings. The SMILES string of the molecule is COCCC(C)NC(=O)c1cccc(O)c1. The van der Waals surface area contributed by atoms with Crippen LogP contribution in [0.5, 0.6) is 5.75 Å². The third-order valence-electron chi connectivity index (χ3n) is 2.24. The molecule has 16 heavy (non-hydrogen) atoms. The minimum Gasteiger partial charge on any atom is -0.508 e. The van der Waals surface area contributed by atoms with Crippen molar-refractivity contribution in [3.05, 3.63) is 29.8 Å². The number of benzene rings is 1. The van der Waals surface area contributed by atoms with Crippen LogP contribution in [-0.4, -0.2) is 30.8 Å². The van der Waals surface area contributed by atoms with Crippen molar-refractivity contribution in [3.8, 4) is 5.75 Å². The van der Waals surface area contributed by atoms with Gasteiger partial charge >= 0.3 is 0 Å². The highest BCUT2D eigenvalue weighted by Gasteiger charge is 2.09. The van der Waals surface area contributed by atoms with Crippen molar-refractivity contribution in [2.45, 2.75) is 19.4 Å². The van der Waals surface area contributed by atoms with E-state index >= 15 is 0 Å². The van der Waals surface area contributed by atoms with Gasteiger partial charge in [-0.05, 0) is 31.5 Å². The van der Waals surface area contributed by atoms with Gasteiger partial charge in [-0.3, -0.25) is 4.79 Å². The zero-order valence-electron chi connectivity index (χ0n) is 9.56. The quantitative estimate of drug-likeness (QED) is 0.796. The Balaban J connectivity index is 2.52. The summed E-state index contributed by atoms with van der Waals surface area (Å²) in [5, 5.41) is 12.1. The number of ether oxygens (including phenoxy) is 1. The number of amides is 1. The number of carbonyl (C=O) groups is 1. The van der Waals surface area contributed by atoms with Crippen molar-refractivity contribution < 1.29 is 14.6 Å². The second-order valence-electron chi connectivity index (χ2n) is 3.71. The molecule has 1 atom stereocenters. The molecule has 1 aromatic carbocycles. The molecule has 0 saturated heterocycles. The van der Waals surface area contributed by atoms with Crippen molar-refractivity contribution in [3.63, 3.8) is 0 Å². The zero-order chi connectivity index (χ0) is 12.0. The maximum absolute atomic E-state index is 11.7. The fraction of sp³-hybridized carbons (Fsp3) is 0.417. The number of hydrogen-bond acceptors (Lipinski definition) is 3. The number of hydrogen-bond donors (Lipinski definition) is 2. The Kier molecular flexibility index (Phi) is 4.79. The lowest BCUT2D eigenvalue weighted by atomic mass is 10.1. The molecule has 0 aromatic heterocycles. The van der Waals surface area contributed by atoms with Gasteiger partial charge in [-0.2, -0.15) is 0 Å². The highest BCUT2D eigenvalue weighted by Crippen LogP contribution is 2.10. The fourth-order valence-electron chi connectivity index (χ4n) is 1.32. The third kappa shape index (κ3) is 3.90. The summed E-state index contributed by atoms with van der Waals surface area (Å²) in [6.45, 7) is 2.53. The molecule has 2 N–H and O–H groups in total. The van der Waals surface area contributed by atoms with Crippen LogP contribution in [0.25, 0.3) is 0 Å². The van der Waals surface area contributed by atoms with Gasteiger partial charge in [0.1, 0.15) is 5.75 Å². The molecule has 0 bridgehead atoms. The molecule has 0 aliphatic heterocycles. The van der Waals surface area contributed by atoms with E-state index in [1.807, 2.05) is 6.92 Å². The van der Waals surface area contributed by atoms with E-state index in [2.05, 4.69) is 5.32 Å². The van der Waals surface area contributed by atoms with Crippen LogP contribution < -0.4 is 5.32 Å². The summed E-state index contributed by atoms with van der Waals surface area (Å²) in [5.41, 5.74) is 0.462. The molecule has 0 saturated carbocycles. The van der Waals surface area contributed by atoms with Gasteiger partial charge in [-0.15, -0.1) is 0 Å². The Hall–Kier alpha value is -1.55. The molecule has 1 unspecified atom stereocenters. The third-order valence-corrected chi connectivity index (χ3v) is 2.24. The molecule has 1 rings (SSSR count). The van der Waals surface area contributed by atoms with Crippen molar-refractivity contribution >= 4 is 5.91 Å². The highest BCUT2D eigenvalue weighted by atomic mass is 16.5. The van der Waals surface area contributed by atoms with E-state index < -0.39 is 0 Å². The van der Waals surface area contributed by atoms with E-state index in [0.29, 0.717) is 12.2 Å². The predicted molar refractivity (Wildman–Crippen MR) is 61.5 cm³/mol. The Morgan fingerprint density at radius 3 is 2.94 bits per heavy atom. The average Bonchev–Trinajstić information content (AvgIpc) is 2.26.